The summed E-state index contributed by atoms with van der Waals surface area (Å²) in [4.78, 5) is 37.2. The fourth-order valence-corrected chi connectivity index (χ4v) is 3.21. The zero-order chi connectivity index (χ0) is 18.0. The molecule has 0 saturated carbocycles. The van der Waals surface area contributed by atoms with Crippen LogP contribution in [-0.4, -0.2) is 51.5 Å². The van der Waals surface area contributed by atoms with Gasteiger partial charge in [-0.1, -0.05) is 0 Å². The standard InChI is InChI=1S/C18H23N5O2/c1-13-11-16(20-12-19-13)22(3)14-6-9-23(10-7-14)18(25)15-5-4-8-21(2)17(15)24/h4-5,8,11-12,14H,6-7,9-10H2,1-3H3. The van der Waals surface area contributed by atoms with Crippen molar-refractivity contribution < 1.29 is 4.79 Å². The number of carbonyl (C=O) groups excluding carboxylic acids is 1. The monoisotopic (exact) mass is 341 g/mol. The van der Waals surface area contributed by atoms with Crippen LogP contribution in [0.4, 0.5) is 5.82 Å². The number of aryl methyl sites for hydroxylation is 2. The summed E-state index contributed by atoms with van der Waals surface area (Å²) in [6.45, 7) is 3.21. The van der Waals surface area contributed by atoms with Crippen molar-refractivity contribution in [3.8, 4) is 0 Å². The van der Waals surface area contributed by atoms with Crippen LogP contribution in [0, 0.1) is 6.92 Å². The van der Waals surface area contributed by atoms with Crippen LogP contribution in [-0.2, 0) is 7.05 Å². The van der Waals surface area contributed by atoms with Crippen molar-refractivity contribution in [2.45, 2.75) is 25.8 Å². The molecule has 1 aliphatic rings. The third kappa shape index (κ3) is 3.55. The Kier molecular flexibility index (Phi) is 4.83. The second-order valence-corrected chi connectivity index (χ2v) is 6.49. The van der Waals surface area contributed by atoms with E-state index in [2.05, 4.69) is 14.9 Å². The van der Waals surface area contributed by atoms with Crippen LogP contribution in [0.25, 0.3) is 0 Å². The molecule has 1 fully saturated rings. The first-order valence-electron chi connectivity index (χ1n) is 8.44. The molecule has 0 unspecified atom stereocenters. The van der Waals surface area contributed by atoms with Gasteiger partial charge in [-0.15, -0.1) is 0 Å². The minimum absolute atomic E-state index is 0.180. The van der Waals surface area contributed by atoms with Crippen molar-refractivity contribution in [2.24, 2.45) is 7.05 Å². The summed E-state index contributed by atoms with van der Waals surface area (Å²) in [5.41, 5.74) is 0.927. The summed E-state index contributed by atoms with van der Waals surface area (Å²) >= 11 is 0. The van der Waals surface area contributed by atoms with Gasteiger partial charge in [0.25, 0.3) is 11.5 Å². The fourth-order valence-electron chi connectivity index (χ4n) is 3.21. The highest BCUT2D eigenvalue weighted by Crippen LogP contribution is 2.21. The molecule has 3 rings (SSSR count). The van der Waals surface area contributed by atoms with Crippen LogP contribution in [0.3, 0.4) is 0 Å². The van der Waals surface area contributed by atoms with Crippen LogP contribution < -0.4 is 10.5 Å². The van der Waals surface area contributed by atoms with Gasteiger partial charge < -0.3 is 14.4 Å². The number of piperidine rings is 1. The van der Waals surface area contributed by atoms with Gasteiger partial charge in [-0.2, -0.15) is 0 Å². The van der Waals surface area contributed by atoms with Crippen molar-refractivity contribution in [3.05, 3.63) is 52.3 Å². The number of carbonyl (C=O) groups is 1. The maximum atomic E-state index is 12.6. The molecule has 1 saturated heterocycles. The molecular formula is C18H23N5O2. The van der Waals surface area contributed by atoms with E-state index in [0.717, 1.165) is 24.4 Å². The van der Waals surface area contributed by atoms with E-state index in [1.54, 1.807) is 36.6 Å². The van der Waals surface area contributed by atoms with Crippen molar-refractivity contribution in [2.75, 3.05) is 25.0 Å². The summed E-state index contributed by atoms with van der Waals surface area (Å²) in [7, 11) is 3.68. The normalized spacial score (nSPS) is 15.2. The maximum Gasteiger partial charge on any atom is 0.263 e. The van der Waals surface area contributed by atoms with E-state index in [1.807, 2.05) is 20.0 Å². The third-order valence-electron chi connectivity index (χ3n) is 4.80. The molecule has 3 heterocycles. The smallest absolute Gasteiger partial charge is 0.263 e. The first kappa shape index (κ1) is 17.1. The molecule has 0 aliphatic carbocycles. The van der Waals surface area contributed by atoms with Crippen molar-refractivity contribution >= 4 is 11.7 Å². The molecular weight excluding hydrogens is 318 g/mol. The molecule has 0 bridgehead atoms. The molecule has 7 nitrogen and oxygen atoms in total. The van der Waals surface area contributed by atoms with E-state index in [4.69, 9.17) is 0 Å². The van der Waals surface area contributed by atoms with E-state index in [0.29, 0.717) is 19.1 Å². The molecule has 25 heavy (non-hydrogen) atoms. The molecule has 0 N–H and O–H groups in total. The Morgan fingerprint density at radius 1 is 1.28 bits per heavy atom. The molecule has 2 aromatic rings. The summed E-state index contributed by atoms with van der Waals surface area (Å²) in [5, 5.41) is 0. The van der Waals surface area contributed by atoms with Gasteiger partial charge in [-0.3, -0.25) is 9.59 Å². The molecule has 132 valence electrons. The SMILES string of the molecule is Cc1cc(N(C)C2CCN(C(=O)c3cccn(C)c3=O)CC2)ncn1. The Labute approximate surface area is 146 Å². The van der Waals surface area contributed by atoms with Crippen molar-refractivity contribution in [3.63, 3.8) is 0 Å². The number of hydrogen-bond acceptors (Lipinski definition) is 5. The molecule has 1 amide bonds. The Balaban J connectivity index is 1.66. The lowest BCUT2D eigenvalue weighted by Gasteiger charge is -2.37. The zero-order valence-corrected chi connectivity index (χ0v) is 14.8. The first-order chi connectivity index (χ1) is 12.0. The highest BCUT2D eigenvalue weighted by molar-refractivity contribution is 5.93. The zero-order valence-electron chi connectivity index (χ0n) is 14.8. The second-order valence-electron chi connectivity index (χ2n) is 6.49. The maximum absolute atomic E-state index is 12.6. The Morgan fingerprint density at radius 3 is 2.68 bits per heavy atom. The molecule has 1 aliphatic heterocycles. The number of aromatic nitrogens is 3. The van der Waals surface area contributed by atoms with Gasteiger partial charge in [0.2, 0.25) is 0 Å². The van der Waals surface area contributed by atoms with Crippen LogP contribution in [0.5, 0.6) is 0 Å². The van der Waals surface area contributed by atoms with Crippen LogP contribution in [0.2, 0.25) is 0 Å². The topological polar surface area (TPSA) is 71.3 Å². The van der Waals surface area contributed by atoms with E-state index in [1.165, 1.54) is 4.57 Å². The molecule has 2 aromatic heterocycles. The quantitative estimate of drug-likeness (QED) is 0.840. The largest absolute Gasteiger partial charge is 0.356 e. The van der Waals surface area contributed by atoms with E-state index in [9.17, 15) is 9.59 Å². The summed E-state index contributed by atoms with van der Waals surface area (Å²) < 4.78 is 1.44. The number of nitrogens with zero attached hydrogens (tertiary/aromatic N) is 5. The second kappa shape index (κ2) is 7.04. The van der Waals surface area contributed by atoms with Gasteiger partial charge in [0.05, 0.1) is 0 Å². The fraction of sp³-hybridized carbons (Fsp3) is 0.444. The number of likely N-dealkylation sites (tertiary alicyclic amines) is 1. The number of anilines is 1. The predicted octanol–water partition coefficient (Wildman–Crippen LogP) is 1.22. The minimum atomic E-state index is -0.247. The highest BCUT2D eigenvalue weighted by atomic mass is 16.2. The summed E-state index contributed by atoms with van der Waals surface area (Å²) in [6, 6.07) is 5.61. The van der Waals surface area contributed by atoms with Gasteiger partial charge in [-0.25, -0.2) is 9.97 Å². The third-order valence-corrected chi connectivity index (χ3v) is 4.80. The van der Waals surface area contributed by atoms with Gasteiger partial charge in [-0.05, 0) is 31.9 Å². The van der Waals surface area contributed by atoms with E-state index in [-0.39, 0.29) is 17.0 Å². The number of amides is 1. The number of rotatable bonds is 3. The molecule has 7 heteroatoms. The molecule has 0 spiro atoms. The van der Waals surface area contributed by atoms with E-state index < -0.39 is 0 Å². The van der Waals surface area contributed by atoms with Crippen LogP contribution >= 0.6 is 0 Å². The van der Waals surface area contributed by atoms with Gasteiger partial charge in [0, 0.05) is 51.2 Å². The summed E-state index contributed by atoms with van der Waals surface area (Å²) in [5.74, 6) is 0.717. The minimum Gasteiger partial charge on any atom is -0.356 e. The Hall–Kier alpha value is -2.70. The predicted molar refractivity (Wildman–Crippen MR) is 95.8 cm³/mol. The number of pyridine rings is 1. The molecule has 0 atom stereocenters. The van der Waals surface area contributed by atoms with Crippen molar-refractivity contribution in [1.82, 2.24) is 19.4 Å². The molecule has 0 aromatic carbocycles. The Bertz CT molecular complexity index is 824. The lowest BCUT2D eigenvalue weighted by molar-refractivity contribution is 0.0711. The van der Waals surface area contributed by atoms with Crippen LogP contribution in [0.1, 0.15) is 28.9 Å². The van der Waals surface area contributed by atoms with Crippen molar-refractivity contribution in [1.29, 1.82) is 0 Å². The highest BCUT2D eigenvalue weighted by Gasteiger charge is 2.27. The Morgan fingerprint density at radius 2 is 2.00 bits per heavy atom. The lowest BCUT2D eigenvalue weighted by Crippen LogP contribution is -2.47. The number of hydrogen-bond donors (Lipinski definition) is 0. The average molecular weight is 341 g/mol. The summed E-state index contributed by atoms with van der Waals surface area (Å²) in [6.07, 6.45) is 4.92. The van der Waals surface area contributed by atoms with E-state index >= 15 is 0 Å². The average Bonchev–Trinajstić information content (AvgIpc) is 2.63. The van der Waals surface area contributed by atoms with Crippen LogP contribution in [0.15, 0.2) is 35.5 Å². The van der Waals surface area contributed by atoms with Gasteiger partial charge in [0.15, 0.2) is 0 Å². The lowest BCUT2D eigenvalue weighted by atomic mass is 10.0. The van der Waals surface area contributed by atoms with Gasteiger partial charge in [0.1, 0.15) is 17.7 Å². The molecule has 0 radical (unpaired) electrons. The van der Waals surface area contributed by atoms with Gasteiger partial charge >= 0.3 is 0 Å². The first-order valence-corrected chi connectivity index (χ1v) is 8.44.